The fourth-order valence-corrected chi connectivity index (χ4v) is 3.41. The first-order valence-electron chi connectivity index (χ1n) is 7.88. The number of carbonyl (C=O) groups is 1. The molecule has 2 aliphatic rings. The highest BCUT2D eigenvalue weighted by Crippen LogP contribution is 2.27. The maximum absolute atomic E-state index is 12.1. The molecule has 3 heteroatoms. The monoisotopic (exact) mass is 272 g/mol. The first-order valence-corrected chi connectivity index (χ1v) is 7.88. The molecule has 0 unspecified atom stereocenters. The molecule has 108 valence electrons. The summed E-state index contributed by atoms with van der Waals surface area (Å²) in [7, 11) is 0. The molecule has 0 bridgehead atoms. The van der Waals surface area contributed by atoms with Crippen LogP contribution in [-0.2, 0) is 4.79 Å². The SMILES string of the molecule is O=C(CN1CCC(c2ccccc2)CC1)N1CCCC1. The standard InChI is InChI=1S/C17H24N2O/c20-17(19-10-4-5-11-19)14-18-12-8-16(9-13-18)15-6-2-1-3-7-15/h1-3,6-7,16H,4-5,8-14H2. The van der Waals surface area contributed by atoms with Crippen molar-refractivity contribution in [1.29, 1.82) is 0 Å². The second-order valence-electron chi connectivity index (χ2n) is 6.05. The van der Waals surface area contributed by atoms with Gasteiger partial charge in [0.15, 0.2) is 0 Å². The van der Waals surface area contributed by atoms with Crippen molar-refractivity contribution >= 4 is 5.91 Å². The molecule has 0 aromatic heterocycles. The van der Waals surface area contributed by atoms with Gasteiger partial charge in [0.2, 0.25) is 5.91 Å². The predicted octanol–water partition coefficient (Wildman–Crippen LogP) is 2.49. The quantitative estimate of drug-likeness (QED) is 0.844. The summed E-state index contributed by atoms with van der Waals surface area (Å²) in [6, 6.07) is 10.8. The summed E-state index contributed by atoms with van der Waals surface area (Å²) in [5, 5.41) is 0. The summed E-state index contributed by atoms with van der Waals surface area (Å²) < 4.78 is 0. The molecule has 2 saturated heterocycles. The Morgan fingerprint density at radius 1 is 1.00 bits per heavy atom. The molecule has 2 heterocycles. The van der Waals surface area contributed by atoms with Crippen LogP contribution in [0, 0.1) is 0 Å². The molecule has 1 aromatic rings. The average molecular weight is 272 g/mol. The van der Waals surface area contributed by atoms with E-state index in [-0.39, 0.29) is 0 Å². The molecular weight excluding hydrogens is 248 g/mol. The molecule has 3 nitrogen and oxygen atoms in total. The third-order valence-corrected chi connectivity index (χ3v) is 4.68. The third kappa shape index (κ3) is 3.21. The van der Waals surface area contributed by atoms with E-state index in [0.29, 0.717) is 18.4 Å². The summed E-state index contributed by atoms with van der Waals surface area (Å²) in [5.74, 6) is 1.01. The minimum absolute atomic E-state index is 0.334. The van der Waals surface area contributed by atoms with Crippen molar-refractivity contribution in [3.05, 3.63) is 35.9 Å². The Hall–Kier alpha value is -1.35. The zero-order valence-corrected chi connectivity index (χ0v) is 12.1. The Balaban J connectivity index is 1.47. The zero-order chi connectivity index (χ0) is 13.8. The van der Waals surface area contributed by atoms with Crippen LogP contribution in [0.1, 0.15) is 37.2 Å². The highest BCUT2D eigenvalue weighted by Gasteiger charge is 2.24. The van der Waals surface area contributed by atoms with Crippen LogP contribution in [0.4, 0.5) is 0 Å². The lowest BCUT2D eigenvalue weighted by Gasteiger charge is -2.32. The largest absolute Gasteiger partial charge is 0.342 e. The fourth-order valence-electron chi connectivity index (χ4n) is 3.41. The average Bonchev–Trinajstić information content (AvgIpc) is 3.03. The summed E-state index contributed by atoms with van der Waals surface area (Å²) in [4.78, 5) is 16.5. The lowest BCUT2D eigenvalue weighted by molar-refractivity contribution is -0.131. The normalized spacial score (nSPS) is 21.3. The second kappa shape index (κ2) is 6.40. The van der Waals surface area contributed by atoms with E-state index in [2.05, 4.69) is 35.2 Å². The van der Waals surface area contributed by atoms with Crippen molar-refractivity contribution < 1.29 is 4.79 Å². The molecule has 0 atom stereocenters. The number of hydrogen-bond donors (Lipinski definition) is 0. The van der Waals surface area contributed by atoms with Gasteiger partial charge in [-0.05, 0) is 50.3 Å². The van der Waals surface area contributed by atoms with Crippen molar-refractivity contribution in [2.24, 2.45) is 0 Å². The number of amides is 1. The molecule has 2 fully saturated rings. The molecule has 3 rings (SSSR count). The highest BCUT2D eigenvalue weighted by atomic mass is 16.2. The minimum atomic E-state index is 0.334. The number of hydrogen-bond acceptors (Lipinski definition) is 2. The van der Waals surface area contributed by atoms with E-state index in [0.717, 1.165) is 26.2 Å². The molecule has 1 aromatic carbocycles. The molecule has 0 spiro atoms. The van der Waals surface area contributed by atoms with E-state index in [1.807, 2.05) is 4.90 Å². The van der Waals surface area contributed by atoms with Gasteiger partial charge in [0, 0.05) is 13.1 Å². The van der Waals surface area contributed by atoms with Crippen molar-refractivity contribution in [1.82, 2.24) is 9.80 Å². The lowest BCUT2D eigenvalue weighted by atomic mass is 9.89. The first-order chi connectivity index (χ1) is 9.83. The summed E-state index contributed by atoms with van der Waals surface area (Å²) in [5.41, 5.74) is 1.46. The van der Waals surface area contributed by atoms with Crippen LogP contribution in [0.15, 0.2) is 30.3 Å². The van der Waals surface area contributed by atoms with Gasteiger partial charge in [-0.15, -0.1) is 0 Å². The number of carbonyl (C=O) groups excluding carboxylic acids is 1. The van der Waals surface area contributed by atoms with E-state index in [1.165, 1.54) is 31.2 Å². The molecule has 0 radical (unpaired) electrons. The van der Waals surface area contributed by atoms with Crippen LogP contribution in [0.2, 0.25) is 0 Å². The molecule has 1 amide bonds. The summed E-state index contributed by atoms with van der Waals surface area (Å²) in [6.45, 7) is 4.68. The van der Waals surface area contributed by atoms with Gasteiger partial charge in [0.1, 0.15) is 0 Å². The van der Waals surface area contributed by atoms with Gasteiger partial charge < -0.3 is 4.90 Å². The fraction of sp³-hybridized carbons (Fsp3) is 0.588. The van der Waals surface area contributed by atoms with Gasteiger partial charge in [0.05, 0.1) is 6.54 Å². The van der Waals surface area contributed by atoms with Crippen LogP contribution in [0.3, 0.4) is 0 Å². The van der Waals surface area contributed by atoms with Crippen molar-refractivity contribution in [3.8, 4) is 0 Å². The zero-order valence-electron chi connectivity index (χ0n) is 12.1. The van der Waals surface area contributed by atoms with Crippen molar-refractivity contribution in [2.45, 2.75) is 31.6 Å². The Bertz CT molecular complexity index is 432. The van der Waals surface area contributed by atoms with Crippen LogP contribution in [-0.4, -0.2) is 48.4 Å². The molecular formula is C17H24N2O. The molecule has 20 heavy (non-hydrogen) atoms. The summed E-state index contributed by atoms with van der Waals surface area (Å²) >= 11 is 0. The van der Waals surface area contributed by atoms with Crippen LogP contribution >= 0.6 is 0 Å². The van der Waals surface area contributed by atoms with Gasteiger partial charge in [-0.1, -0.05) is 30.3 Å². The molecule has 2 aliphatic heterocycles. The maximum atomic E-state index is 12.1. The van der Waals surface area contributed by atoms with Crippen LogP contribution in [0.25, 0.3) is 0 Å². The van der Waals surface area contributed by atoms with Crippen LogP contribution in [0.5, 0.6) is 0 Å². The summed E-state index contributed by atoms with van der Waals surface area (Å²) in [6.07, 6.45) is 4.72. The Kier molecular flexibility index (Phi) is 4.36. The van der Waals surface area contributed by atoms with Gasteiger partial charge in [-0.2, -0.15) is 0 Å². The maximum Gasteiger partial charge on any atom is 0.236 e. The van der Waals surface area contributed by atoms with Gasteiger partial charge in [0.25, 0.3) is 0 Å². The second-order valence-corrected chi connectivity index (χ2v) is 6.05. The number of nitrogens with zero attached hydrogens (tertiary/aromatic N) is 2. The third-order valence-electron chi connectivity index (χ3n) is 4.68. The first kappa shape index (κ1) is 13.6. The van der Waals surface area contributed by atoms with Crippen molar-refractivity contribution in [3.63, 3.8) is 0 Å². The molecule has 0 aliphatic carbocycles. The topological polar surface area (TPSA) is 23.6 Å². The number of piperidine rings is 1. The Morgan fingerprint density at radius 2 is 1.65 bits per heavy atom. The van der Waals surface area contributed by atoms with E-state index < -0.39 is 0 Å². The number of likely N-dealkylation sites (tertiary alicyclic amines) is 2. The van der Waals surface area contributed by atoms with Crippen molar-refractivity contribution in [2.75, 3.05) is 32.7 Å². The Morgan fingerprint density at radius 3 is 2.30 bits per heavy atom. The van der Waals surface area contributed by atoms with Crippen LogP contribution < -0.4 is 0 Å². The van der Waals surface area contributed by atoms with E-state index in [4.69, 9.17) is 0 Å². The van der Waals surface area contributed by atoms with E-state index in [1.54, 1.807) is 0 Å². The highest BCUT2D eigenvalue weighted by molar-refractivity contribution is 5.78. The van der Waals surface area contributed by atoms with E-state index in [9.17, 15) is 4.79 Å². The Labute approximate surface area is 121 Å². The van der Waals surface area contributed by atoms with Gasteiger partial charge in [-0.25, -0.2) is 0 Å². The smallest absolute Gasteiger partial charge is 0.236 e. The minimum Gasteiger partial charge on any atom is -0.342 e. The van der Waals surface area contributed by atoms with Gasteiger partial charge >= 0.3 is 0 Å². The molecule has 0 saturated carbocycles. The number of rotatable bonds is 3. The lowest BCUT2D eigenvalue weighted by Crippen LogP contribution is -2.42. The predicted molar refractivity (Wildman–Crippen MR) is 80.7 cm³/mol. The van der Waals surface area contributed by atoms with E-state index >= 15 is 0 Å². The molecule has 0 N–H and O–H groups in total. The van der Waals surface area contributed by atoms with Gasteiger partial charge in [-0.3, -0.25) is 9.69 Å². The number of benzene rings is 1.